The minimum atomic E-state index is -0.280. The van der Waals surface area contributed by atoms with Gasteiger partial charge >= 0.3 is 0 Å². The zero-order valence-corrected chi connectivity index (χ0v) is 6.40. The molecule has 0 atom stereocenters. The Morgan fingerprint density at radius 2 is 2.25 bits per heavy atom. The van der Waals surface area contributed by atoms with Gasteiger partial charge in [-0.3, -0.25) is 4.79 Å². The summed E-state index contributed by atoms with van der Waals surface area (Å²) in [5, 5.41) is 6.59. The molecule has 0 aliphatic rings. The molecule has 12 heavy (non-hydrogen) atoms. The molecule has 2 heterocycles. The van der Waals surface area contributed by atoms with Crippen molar-refractivity contribution in [2.75, 3.05) is 0 Å². The summed E-state index contributed by atoms with van der Waals surface area (Å²) in [5.41, 5.74) is 0.107. The molecule has 1 N–H and O–H groups in total. The number of aromatic nitrogens is 4. The summed E-state index contributed by atoms with van der Waals surface area (Å²) in [4.78, 5) is 19.0. The average molecular weight is 162 g/mol. The highest BCUT2D eigenvalue weighted by molar-refractivity contribution is 5.74. The summed E-state index contributed by atoms with van der Waals surface area (Å²) >= 11 is 0. The van der Waals surface area contributed by atoms with Gasteiger partial charge in [-0.2, -0.15) is 5.10 Å². The van der Waals surface area contributed by atoms with Gasteiger partial charge in [-0.05, 0) is 6.92 Å². The van der Waals surface area contributed by atoms with Crippen molar-refractivity contribution in [2.45, 2.75) is 6.92 Å². The zero-order valence-electron chi connectivity index (χ0n) is 6.40. The van der Waals surface area contributed by atoms with Crippen LogP contribution in [0.25, 0.3) is 10.9 Å². The molecule has 0 bridgehead atoms. The largest absolute Gasteiger partial charge is 0.290 e. The Morgan fingerprint density at radius 1 is 1.42 bits per heavy atom. The van der Waals surface area contributed by atoms with Crippen molar-refractivity contribution in [3.63, 3.8) is 0 Å². The van der Waals surface area contributed by atoms with Gasteiger partial charge in [-0.25, -0.2) is 15.1 Å². The second-order valence-corrected chi connectivity index (χ2v) is 2.42. The van der Waals surface area contributed by atoms with Crippen LogP contribution < -0.4 is 5.56 Å². The maximum absolute atomic E-state index is 11.1. The van der Waals surface area contributed by atoms with Crippen molar-refractivity contribution < 1.29 is 0 Å². The van der Waals surface area contributed by atoms with E-state index in [1.165, 1.54) is 6.20 Å². The van der Waals surface area contributed by atoms with E-state index in [0.717, 1.165) is 0 Å². The summed E-state index contributed by atoms with van der Waals surface area (Å²) in [6.07, 6.45) is 3.11. The smallest absolute Gasteiger partial charge is 0.266 e. The standard InChI is InChI=1S/C7H6N4O/c1-4-8-2-5-3-9-11-7(12)6(5)10-4/h2-3H,1H3,(H,11,12). The van der Waals surface area contributed by atoms with Gasteiger partial charge in [0.15, 0.2) is 0 Å². The first-order chi connectivity index (χ1) is 5.77. The normalized spacial score (nSPS) is 10.4. The molecule has 0 fully saturated rings. The van der Waals surface area contributed by atoms with E-state index in [0.29, 0.717) is 16.7 Å². The lowest BCUT2D eigenvalue weighted by Gasteiger charge is -1.94. The van der Waals surface area contributed by atoms with Crippen molar-refractivity contribution in [1.29, 1.82) is 0 Å². The van der Waals surface area contributed by atoms with Crippen LogP contribution in [0.2, 0.25) is 0 Å². The summed E-state index contributed by atoms with van der Waals surface area (Å²) in [7, 11) is 0. The number of hydrogen-bond donors (Lipinski definition) is 1. The highest BCUT2D eigenvalue weighted by Gasteiger charge is 1.99. The van der Waals surface area contributed by atoms with Crippen LogP contribution in [-0.2, 0) is 0 Å². The van der Waals surface area contributed by atoms with Crippen LogP contribution in [0.3, 0.4) is 0 Å². The highest BCUT2D eigenvalue weighted by atomic mass is 16.1. The Balaban J connectivity index is 2.98. The quantitative estimate of drug-likeness (QED) is 0.592. The van der Waals surface area contributed by atoms with Gasteiger partial charge in [0.2, 0.25) is 0 Å². The third-order valence-corrected chi connectivity index (χ3v) is 1.52. The molecule has 0 aliphatic heterocycles. The predicted octanol–water partition coefficient (Wildman–Crippen LogP) is 0.0215. The number of aryl methyl sites for hydroxylation is 1. The van der Waals surface area contributed by atoms with Crippen LogP contribution in [0.1, 0.15) is 5.82 Å². The molecular formula is C7H6N4O. The van der Waals surface area contributed by atoms with Crippen molar-refractivity contribution in [1.82, 2.24) is 20.2 Å². The third-order valence-electron chi connectivity index (χ3n) is 1.52. The van der Waals surface area contributed by atoms with Gasteiger partial charge in [0.1, 0.15) is 11.3 Å². The Kier molecular flexibility index (Phi) is 1.36. The topological polar surface area (TPSA) is 71.5 Å². The molecule has 5 heteroatoms. The Labute approximate surface area is 67.5 Å². The van der Waals surface area contributed by atoms with Crippen molar-refractivity contribution in [2.24, 2.45) is 0 Å². The lowest BCUT2D eigenvalue weighted by molar-refractivity contribution is 0.986. The fourth-order valence-electron chi connectivity index (χ4n) is 0.969. The van der Waals surface area contributed by atoms with Gasteiger partial charge in [-0.1, -0.05) is 0 Å². The minimum absolute atomic E-state index is 0.280. The molecule has 5 nitrogen and oxygen atoms in total. The first kappa shape index (κ1) is 6.90. The van der Waals surface area contributed by atoms with E-state index in [1.54, 1.807) is 13.1 Å². The molecular weight excluding hydrogens is 156 g/mol. The van der Waals surface area contributed by atoms with E-state index in [-0.39, 0.29) is 5.56 Å². The summed E-state index contributed by atoms with van der Waals surface area (Å²) in [5.74, 6) is 0.583. The number of nitrogens with one attached hydrogen (secondary N) is 1. The molecule has 0 amide bonds. The van der Waals surface area contributed by atoms with Crippen LogP contribution in [0, 0.1) is 6.92 Å². The molecule has 2 rings (SSSR count). The van der Waals surface area contributed by atoms with E-state index in [2.05, 4.69) is 20.2 Å². The molecule has 0 spiro atoms. The van der Waals surface area contributed by atoms with Crippen LogP contribution >= 0.6 is 0 Å². The van der Waals surface area contributed by atoms with Crippen LogP contribution in [0.15, 0.2) is 17.2 Å². The molecule has 2 aromatic heterocycles. The van der Waals surface area contributed by atoms with Crippen molar-refractivity contribution >= 4 is 10.9 Å². The van der Waals surface area contributed by atoms with Gasteiger partial charge in [0.25, 0.3) is 5.56 Å². The van der Waals surface area contributed by atoms with E-state index in [9.17, 15) is 4.79 Å². The highest BCUT2D eigenvalue weighted by Crippen LogP contribution is 2.01. The van der Waals surface area contributed by atoms with Crippen LogP contribution in [0.5, 0.6) is 0 Å². The molecule has 0 saturated carbocycles. The molecule has 0 aromatic carbocycles. The zero-order chi connectivity index (χ0) is 8.55. The lowest BCUT2D eigenvalue weighted by Crippen LogP contribution is -2.09. The van der Waals surface area contributed by atoms with E-state index < -0.39 is 0 Å². The van der Waals surface area contributed by atoms with Crippen LogP contribution in [0.4, 0.5) is 0 Å². The second-order valence-electron chi connectivity index (χ2n) is 2.42. The predicted molar refractivity (Wildman–Crippen MR) is 42.7 cm³/mol. The first-order valence-corrected chi connectivity index (χ1v) is 3.44. The molecule has 0 aliphatic carbocycles. The SMILES string of the molecule is Cc1ncc2cn[nH]c(=O)c2n1. The molecule has 2 aromatic rings. The number of aromatic amines is 1. The average Bonchev–Trinajstić information content (AvgIpc) is 2.07. The monoisotopic (exact) mass is 162 g/mol. The molecule has 0 saturated heterocycles. The van der Waals surface area contributed by atoms with Crippen LogP contribution in [-0.4, -0.2) is 20.2 Å². The maximum atomic E-state index is 11.1. The summed E-state index contributed by atoms with van der Waals surface area (Å²) in [6.45, 7) is 1.74. The number of rotatable bonds is 0. The Hall–Kier alpha value is -1.78. The van der Waals surface area contributed by atoms with E-state index >= 15 is 0 Å². The summed E-state index contributed by atoms with van der Waals surface area (Å²) < 4.78 is 0. The Bertz CT molecular complexity index is 476. The lowest BCUT2D eigenvalue weighted by atomic mass is 10.3. The van der Waals surface area contributed by atoms with Gasteiger partial charge in [0.05, 0.1) is 6.20 Å². The van der Waals surface area contributed by atoms with E-state index in [1.807, 2.05) is 0 Å². The van der Waals surface area contributed by atoms with Crippen molar-refractivity contribution in [3.8, 4) is 0 Å². The van der Waals surface area contributed by atoms with Gasteiger partial charge < -0.3 is 0 Å². The third kappa shape index (κ3) is 0.952. The van der Waals surface area contributed by atoms with Gasteiger partial charge in [-0.15, -0.1) is 0 Å². The Morgan fingerprint density at radius 3 is 3.08 bits per heavy atom. The maximum Gasteiger partial charge on any atom is 0.290 e. The molecule has 0 unspecified atom stereocenters. The van der Waals surface area contributed by atoms with Gasteiger partial charge in [0, 0.05) is 11.6 Å². The summed E-state index contributed by atoms with van der Waals surface area (Å²) in [6, 6.07) is 0. The molecule has 60 valence electrons. The first-order valence-electron chi connectivity index (χ1n) is 3.44. The number of fused-ring (bicyclic) bond motifs is 1. The second kappa shape index (κ2) is 2.37. The number of nitrogens with zero attached hydrogens (tertiary/aromatic N) is 3. The number of H-pyrrole nitrogens is 1. The molecule has 0 radical (unpaired) electrons. The van der Waals surface area contributed by atoms with E-state index in [4.69, 9.17) is 0 Å². The van der Waals surface area contributed by atoms with Crippen molar-refractivity contribution in [3.05, 3.63) is 28.6 Å². The number of hydrogen-bond acceptors (Lipinski definition) is 4. The fraction of sp³-hybridized carbons (Fsp3) is 0.143. The fourth-order valence-corrected chi connectivity index (χ4v) is 0.969. The minimum Gasteiger partial charge on any atom is -0.266 e.